The first-order valence-electron chi connectivity index (χ1n) is 8.85. The van der Waals surface area contributed by atoms with E-state index in [1.165, 1.54) is 6.33 Å². The van der Waals surface area contributed by atoms with Crippen LogP contribution in [0.5, 0.6) is 0 Å². The molecule has 0 atom stereocenters. The number of benzene rings is 1. The van der Waals surface area contributed by atoms with Crippen LogP contribution in [0.4, 0.5) is 11.5 Å². The third kappa shape index (κ3) is 3.95. The summed E-state index contributed by atoms with van der Waals surface area (Å²) < 4.78 is 1.64. The Morgan fingerprint density at radius 3 is 2.44 bits per heavy atom. The van der Waals surface area contributed by atoms with Crippen molar-refractivity contribution in [2.24, 2.45) is 0 Å². The quantitative estimate of drug-likeness (QED) is 0.760. The van der Waals surface area contributed by atoms with E-state index in [1.807, 2.05) is 24.3 Å². The first-order valence-corrected chi connectivity index (χ1v) is 8.85. The summed E-state index contributed by atoms with van der Waals surface area (Å²) in [5.41, 5.74) is 2.10. The lowest BCUT2D eigenvalue weighted by Gasteiger charge is -2.33. The lowest BCUT2D eigenvalue weighted by atomic mass is 10.2. The highest BCUT2D eigenvalue weighted by molar-refractivity contribution is 6.04. The number of nitrogens with zero attached hydrogens (tertiary/aromatic N) is 6. The number of aromatic nitrogens is 4. The van der Waals surface area contributed by atoms with Gasteiger partial charge in [0.25, 0.3) is 5.91 Å². The molecule has 1 fully saturated rings. The van der Waals surface area contributed by atoms with E-state index < -0.39 is 0 Å². The monoisotopic (exact) mass is 363 g/mol. The molecule has 1 saturated heterocycles. The molecule has 0 radical (unpaired) electrons. The summed E-state index contributed by atoms with van der Waals surface area (Å²) >= 11 is 0. The van der Waals surface area contributed by atoms with Crippen molar-refractivity contribution in [1.82, 2.24) is 24.6 Å². The predicted molar refractivity (Wildman–Crippen MR) is 103 cm³/mol. The molecule has 2 aromatic heterocycles. The highest BCUT2D eigenvalue weighted by atomic mass is 16.1. The fourth-order valence-corrected chi connectivity index (χ4v) is 2.99. The normalized spacial score (nSPS) is 14.9. The van der Waals surface area contributed by atoms with E-state index in [0.717, 1.165) is 37.7 Å². The van der Waals surface area contributed by atoms with Crippen LogP contribution in [0.1, 0.15) is 10.4 Å². The molecule has 1 aliphatic heterocycles. The molecule has 3 heterocycles. The molecule has 1 aliphatic rings. The maximum atomic E-state index is 12.4. The number of hydrogen-bond acceptors (Lipinski definition) is 6. The standard InChI is InChI=1S/C19H21N7O/c1-24-8-10-25(11-9-24)18-7-4-16(12-21-18)23-19(27)15-2-5-17(6-3-15)26-14-20-13-22-26/h2-7,12-14H,8-11H2,1H3,(H,23,27). The molecule has 4 rings (SSSR count). The molecule has 138 valence electrons. The summed E-state index contributed by atoms with van der Waals surface area (Å²) in [6.07, 6.45) is 4.79. The molecule has 0 aliphatic carbocycles. The van der Waals surface area contributed by atoms with Gasteiger partial charge in [-0.3, -0.25) is 4.79 Å². The van der Waals surface area contributed by atoms with Crippen LogP contribution in [0.15, 0.2) is 55.2 Å². The second kappa shape index (κ2) is 7.55. The fraction of sp³-hybridized carbons (Fsp3) is 0.263. The minimum atomic E-state index is -0.172. The first kappa shape index (κ1) is 17.2. The number of amides is 1. The van der Waals surface area contributed by atoms with E-state index in [9.17, 15) is 4.79 Å². The highest BCUT2D eigenvalue weighted by Gasteiger charge is 2.15. The van der Waals surface area contributed by atoms with Crippen molar-refractivity contribution in [2.45, 2.75) is 0 Å². The minimum Gasteiger partial charge on any atom is -0.354 e. The Labute approximate surface area is 157 Å². The summed E-state index contributed by atoms with van der Waals surface area (Å²) in [5, 5.41) is 6.96. The van der Waals surface area contributed by atoms with E-state index in [1.54, 1.807) is 29.3 Å². The lowest BCUT2D eigenvalue weighted by Crippen LogP contribution is -2.44. The van der Waals surface area contributed by atoms with Gasteiger partial charge < -0.3 is 15.1 Å². The maximum absolute atomic E-state index is 12.4. The number of likely N-dealkylation sites (N-methyl/N-ethyl adjacent to an activating group) is 1. The van der Waals surface area contributed by atoms with E-state index in [2.05, 4.69) is 37.2 Å². The Morgan fingerprint density at radius 1 is 1.04 bits per heavy atom. The molecule has 0 unspecified atom stereocenters. The number of hydrogen-bond donors (Lipinski definition) is 1. The molecule has 1 aromatic carbocycles. The molecular formula is C19H21N7O. The van der Waals surface area contributed by atoms with E-state index in [-0.39, 0.29) is 5.91 Å². The predicted octanol–water partition coefficient (Wildman–Crippen LogP) is 1.67. The number of carbonyl (C=O) groups is 1. The average Bonchev–Trinajstić information content (AvgIpc) is 3.24. The first-order chi connectivity index (χ1) is 13.2. The molecule has 8 heteroatoms. The highest BCUT2D eigenvalue weighted by Crippen LogP contribution is 2.17. The van der Waals surface area contributed by atoms with Gasteiger partial charge in [-0.05, 0) is 43.4 Å². The summed E-state index contributed by atoms with van der Waals surface area (Å²) in [6.45, 7) is 4.00. The Bertz CT molecular complexity index is 883. The zero-order valence-electron chi connectivity index (χ0n) is 15.1. The van der Waals surface area contributed by atoms with Crippen molar-refractivity contribution in [1.29, 1.82) is 0 Å². The molecule has 0 bridgehead atoms. The van der Waals surface area contributed by atoms with Crippen LogP contribution in [0.3, 0.4) is 0 Å². The van der Waals surface area contributed by atoms with Crippen molar-refractivity contribution < 1.29 is 4.79 Å². The van der Waals surface area contributed by atoms with Gasteiger partial charge in [-0.15, -0.1) is 0 Å². The van der Waals surface area contributed by atoms with Crippen molar-refractivity contribution in [2.75, 3.05) is 43.4 Å². The zero-order valence-corrected chi connectivity index (χ0v) is 15.1. The van der Waals surface area contributed by atoms with E-state index in [0.29, 0.717) is 11.3 Å². The number of rotatable bonds is 4. The molecular weight excluding hydrogens is 342 g/mol. The molecule has 1 N–H and O–H groups in total. The number of carbonyl (C=O) groups excluding carboxylic acids is 1. The van der Waals surface area contributed by atoms with Crippen LogP contribution in [-0.4, -0.2) is 63.8 Å². The number of pyridine rings is 1. The summed E-state index contributed by atoms with van der Waals surface area (Å²) in [6, 6.07) is 11.0. The molecule has 3 aromatic rings. The van der Waals surface area contributed by atoms with Crippen molar-refractivity contribution in [3.63, 3.8) is 0 Å². The Hall–Kier alpha value is -3.26. The van der Waals surface area contributed by atoms with Crippen LogP contribution in [0, 0.1) is 0 Å². The SMILES string of the molecule is CN1CCN(c2ccc(NC(=O)c3ccc(-n4cncn4)cc3)cn2)CC1. The maximum Gasteiger partial charge on any atom is 0.255 e. The number of anilines is 2. The smallest absolute Gasteiger partial charge is 0.255 e. The number of nitrogens with one attached hydrogen (secondary N) is 1. The molecule has 0 spiro atoms. The average molecular weight is 363 g/mol. The Kier molecular flexibility index (Phi) is 4.80. The van der Waals surface area contributed by atoms with E-state index in [4.69, 9.17) is 0 Å². The van der Waals surface area contributed by atoms with Crippen LogP contribution >= 0.6 is 0 Å². The van der Waals surface area contributed by atoms with Gasteiger partial charge in [0.15, 0.2) is 0 Å². The summed E-state index contributed by atoms with van der Waals surface area (Å²) in [4.78, 5) is 25.4. The van der Waals surface area contributed by atoms with Gasteiger partial charge in [-0.2, -0.15) is 5.10 Å². The van der Waals surface area contributed by atoms with Crippen LogP contribution < -0.4 is 10.2 Å². The van der Waals surface area contributed by atoms with Crippen LogP contribution in [0.25, 0.3) is 5.69 Å². The van der Waals surface area contributed by atoms with Gasteiger partial charge in [0.1, 0.15) is 18.5 Å². The van der Waals surface area contributed by atoms with Crippen molar-refractivity contribution >= 4 is 17.4 Å². The van der Waals surface area contributed by atoms with Gasteiger partial charge in [0.05, 0.1) is 17.6 Å². The molecule has 8 nitrogen and oxygen atoms in total. The topological polar surface area (TPSA) is 79.2 Å². The fourth-order valence-electron chi connectivity index (χ4n) is 2.99. The zero-order chi connectivity index (χ0) is 18.6. The second-order valence-electron chi connectivity index (χ2n) is 6.54. The van der Waals surface area contributed by atoms with Gasteiger partial charge >= 0.3 is 0 Å². The minimum absolute atomic E-state index is 0.172. The van der Waals surface area contributed by atoms with Crippen LogP contribution in [-0.2, 0) is 0 Å². The molecule has 27 heavy (non-hydrogen) atoms. The van der Waals surface area contributed by atoms with Crippen molar-refractivity contribution in [3.8, 4) is 5.69 Å². The number of piperazine rings is 1. The van der Waals surface area contributed by atoms with E-state index >= 15 is 0 Å². The third-order valence-electron chi connectivity index (χ3n) is 4.65. The largest absolute Gasteiger partial charge is 0.354 e. The van der Waals surface area contributed by atoms with Crippen LogP contribution in [0.2, 0.25) is 0 Å². The molecule has 0 saturated carbocycles. The summed E-state index contributed by atoms with van der Waals surface area (Å²) in [5.74, 6) is 0.771. The lowest BCUT2D eigenvalue weighted by molar-refractivity contribution is 0.102. The second-order valence-corrected chi connectivity index (χ2v) is 6.54. The van der Waals surface area contributed by atoms with Crippen molar-refractivity contribution in [3.05, 3.63) is 60.8 Å². The summed E-state index contributed by atoms with van der Waals surface area (Å²) in [7, 11) is 2.13. The van der Waals surface area contributed by atoms with Gasteiger partial charge in [-0.25, -0.2) is 14.6 Å². The van der Waals surface area contributed by atoms with Gasteiger partial charge in [0, 0.05) is 31.7 Å². The van der Waals surface area contributed by atoms with Gasteiger partial charge in [0.2, 0.25) is 0 Å². The third-order valence-corrected chi connectivity index (χ3v) is 4.65. The Morgan fingerprint density at radius 2 is 1.81 bits per heavy atom. The van der Waals surface area contributed by atoms with Gasteiger partial charge in [-0.1, -0.05) is 0 Å². The Balaban J connectivity index is 1.39. The molecule has 1 amide bonds.